The Bertz CT molecular complexity index is 913. The molecule has 0 saturated carbocycles. The summed E-state index contributed by atoms with van der Waals surface area (Å²) in [5, 5.41) is 14.4. The number of thioether (sulfide) groups is 1. The number of piperidine rings is 1. The molecular formula is C21H25F2N5O2S. The van der Waals surface area contributed by atoms with Gasteiger partial charge in [-0.15, -0.1) is 10.2 Å². The number of hydrogen-bond acceptors (Lipinski definition) is 6. The summed E-state index contributed by atoms with van der Waals surface area (Å²) in [7, 11) is 0. The first kappa shape index (κ1) is 22.9. The van der Waals surface area contributed by atoms with Crippen LogP contribution in [0.2, 0.25) is 0 Å². The number of amides is 2. The van der Waals surface area contributed by atoms with E-state index in [0.29, 0.717) is 23.9 Å². The van der Waals surface area contributed by atoms with Crippen molar-refractivity contribution in [2.75, 3.05) is 35.6 Å². The van der Waals surface area contributed by atoms with E-state index in [2.05, 4.69) is 25.7 Å². The zero-order valence-electron chi connectivity index (χ0n) is 17.2. The molecular weight excluding hydrogens is 424 g/mol. The van der Waals surface area contributed by atoms with E-state index >= 15 is 0 Å². The molecule has 0 bridgehead atoms. The van der Waals surface area contributed by atoms with Gasteiger partial charge in [0.1, 0.15) is 5.03 Å². The average molecular weight is 450 g/mol. The van der Waals surface area contributed by atoms with Gasteiger partial charge in [0.2, 0.25) is 11.8 Å². The number of aromatic nitrogens is 2. The standard InChI is InChI=1S/C21H25F2N5O2S/c1-2-9-24-21(30)14-4-3-10-28(12-14)18-7-8-20(27-26-18)31-13-19(29)25-15-5-6-16(22)17(23)11-15/h5-8,11,14H,2-4,9-10,12-13H2,1H3,(H,24,30)(H,25,29)/t14-/m1/s1. The van der Waals surface area contributed by atoms with Crippen LogP contribution in [0.4, 0.5) is 20.3 Å². The minimum atomic E-state index is -1.02. The molecule has 2 N–H and O–H groups in total. The zero-order chi connectivity index (χ0) is 22.2. The van der Waals surface area contributed by atoms with Gasteiger partial charge < -0.3 is 15.5 Å². The highest BCUT2D eigenvalue weighted by atomic mass is 32.2. The maximum atomic E-state index is 13.2. The second-order valence-corrected chi connectivity index (χ2v) is 8.27. The number of anilines is 2. The Morgan fingerprint density at radius 2 is 2.03 bits per heavy atom. The van der Waals surface area contributed by atoms with Crippen LogP contribution >= 0.6 is 11.8 Å². The highest BCUT2D eigenvalue weighted by molar-refractivity contribution is 7.99. The van der Waals surface area contributed by atoms with Gasteiger partial charge in [-0.1, -0.05) is 18.7 Å². The van der Waals surface area contributed by atoms with Crippen molar-refractivity contribution in [3.63, 3.8) is 0 Å². The highest BCUT2D eigenvalue weighted by Gasteiger charge is 2.26. The molecule has 2 amide bonds. The molecule has 1 fully saturated rings. The molecule has 0 radical (unpaired) electrons. The minimum Gasteiger partial charge on any atom is -0.356 e. The van der Waals surface area contributed by atoms with Crippen molar-refractivity contribution in [2.24, 2.45) is 5.92 Å². The van der Waals surface area contributed by atoms with E-state index in [1.165, 1.54) is 17.8 Å². The van der Waals surface area contributed by atoms with Crippen LogP contribution in [0.1, 0.15) is 26.2 Å². The fourth-order valence-electron chi connectivity index (χ4n) is 3.26. The molecule has 0 unspecified atom stereocenters. The number of hydrogen-bond donors (Lipinski definition) is 2. The summed E-state index contributed by atoms with van der Waals surface area (Å²) in [6, 6.07) is 6.79. The Kier molecular flexibility index (Phi) is 8.16. The van der Waals surface area contributed by atoms with E-state index in [9.17, 15) is 18.4 Å². The monoisotopic (exact) mass is 449 g/mol. The van der Waals surface area contributed by atoms with Crippen LogP contribution in [0.5, 0.6) is 0 Å². The summed E-state index contributed by atoms with van der Waals surface area (Å²) in [5.74, 6) is -1.58. The van der Waals surface area contributed by atoms with Gasteiger partial charge in [-0.05, 0) is 43.5 Å². The lowest BCUT2D eigenvalue weighted by atomic mass is 9.97. The molecule has 7 nitrogen and oxygen atoms in total. The largest absolute Gasteiger partial charge is 0.356 e. The minimum absolute atomic E-state index is 0.0520. The van der Waals surface area contributed by atoms with Crippen LogP contribution < -0.4 is 15.5 Å². The van der Waals surface area contributed by atoms with Crippen LogP contribution in [0.15, 0.2) is 35.4 Å². The van der Waals surface area contributed by atoms with Crippen molar-refractivity contribution in [3.05, 3.63) is 42.0 Å². The predicted molar refractivity (Wildman–Crippen MR) is 116 cm³/mol. The molecule has 3 rings (SSSR count). The van der Waals surface area contributed by atoms with Gasteiger partial charge in [-0.25, -0.2) is 8.78 Å². The first-order chi connectivity index (χ1) is 15.0. The summed E-state index contributed by atoms with van der Waals surface area (Å²) in [6.07, 6.45) is 2.68. The third-order valence-electron chi connectivity index (χ3n) is 4.85. The number of rotatable bonds is 8. The number of benzene rings is 1. The van der Waals surface area contributed by atoms with E-state index < -0.39 is 11.6 Å². The maximum Gasteiger partial charge on any atom is 0.234 e. The lowest BCUT2D eigenvalue weighted by molar-refractivity contribution is -0.125. The third kappa shape index (κ3) is 6.61. The Balaban J connectivity index is 1.49. The molecule has 2 aromatic rings. The molecule has 2 heterocycles. The number of nitrogens with zero attached hydrogens (tertiary/aromatic N) is 3. The lowest BCUT2D eigenvalue weighted by Gasteiger charge is -2.32. The molecule has 166 valence electrons. The van der Waals surface area contributed by atoms with E-state index in [1.807, 2.05) is 13.0 Å². The topological polar surface area (TPSA) is 87.2 Å². The van der Waals surface area contributed by atoms with Crippen LogP contribution in [0.3, 0.4) is 0 Å². The third-order valence-corrected chi connectivity index (χ3v) is 5.77. The van der Waals surface area contributed by atoms with Crippen molar-refractivity contribution in [1.29, 1.82) is 0 Å². The summed E-state index contributed by atoms with van der Waals surface area (Å²) in [5.41, 5.74) is 0.188. The second-order valence-electron chi connectivity index (χ2n) is 7.27. The Hall–Kier alpha value is -2.75. The first-order valence-electron chi connectivity index (χ1n) is 10.2. The number of carbonyl (C=O) groups is 2. The molecule has 1 aliphatic heterocycles. The number of carbonyl (C=O) groups excluding carboxylic acids is 2. The summed E-state index contributed by atoms with van der Waals surface area (Å²) in [6.45, 7) is 4.13. The van der Waals surface area contributed by atoms with Crippen molar-refractivity contribution < 1.29 is 18.4 Å². The lowest BCUT2D eigenvalue weighted by Crippen LogP contribution is -2.43. The molecule has 0 aliphatic carbocycles. The quantitative estimate of drug-likeness (QED) is 0.602. The molecule has 1 aliphatic rings. The SMILES string of the molecule is CCCNC(=O)[C@@H]1CCCN(c2ccc(SCC(=O)Nc3ccc(F)c(F)c3)nn2)C1. The number of nitrogens with one attached hydrogen (secondary N) is 2. The first-order valence-corrected chi connectivity index (χ1v) is 11.2. The van der Waals surface area contributed by atoms with Gasteiger partial charge in [0.25, 0.3) is 0 Å². The van der Waals surface area contributed by atoms with E-state index in [4.69, 9.17) is 0 Å². The van der Waals surface area contributed by atoms with Crippen LogP contribution in [0, 0.1) is 17.6 Å². The van der Waals surface area contributed by atoms with Crippen molar-refractivity contribution in [1.82, 2.24) is 15.5 Å². The van der Waals surface area contributed by atoms with Crippen LogP contribution in [-0.4, -0.2) is 47.4 Å². The normalized spacial score (nSPS) is 16.1. The highest BCUT2D eigenvalue weighted by Crippen LogP contribution is 2.23. The van der Waals surface area contributed by atoms with Gasteiger partial charge in [0, 0.05) is 31.4 Å². The molecule has 1 aromatic heterocycles. The number of halogens is 2. The van der Waals surface area contributed by atoms with Crippen molar-refractivity contribution >= 4 is 35.1 Å². The fourth-order valence-corrected chi connectivity index (χ4v) is 3.87. The average Bonchev–Trinajstić information content (AvgIpc) is 2.79. The van der Waals surface area contributed by atoms with Gasteiger partial charge in [-0.3, -0.25) is 9.59 Å². The van der Waals surface area contributed by atoms with Gasteiger partial charge in [-0.2, -0.15) is 0 Å². The van der Waals surface area contributed by atoms with E-state index in [-0.39, 0.29) is 29.2 Å². The molecule has 1 aromatic carbocycles. The molecule has 31 heavy (non-hydrogen) atoms. The fraction of sp³-hybridized carbons (Fsp3) is 0.429. The van der Waals surface area contributed by atoms with Crippen molar-refractivity contribution in [3.8, 4) is 0 Å². The maximum absolute atomic E-state index is 13.2. The zero-order valence-corrected chi connectivity index (χ0v) is 18.1. The second kappa shape index (κ2) is 11.0. The Morgan fingerprint density at radius 3 is 2.74 bits per heavy atom. The molecule has 1 atom stereocenters. The predicted octanol–water partition coefficient (Wildman–Crippen LogP) is 3.23. The van der Waals surface area contributed by atoms with E-state index in [0.717, 1.165) is 37.9 Å². The summed E-state index contributed by atoms with van der Waals surface area (Å²) in [4.78, 5) is 26.3. The molecule has 10 heteroatoms. The van der Waals surface area contributed by atoms with Crippen LogP contribution in [0.25, 0.3) is 0 Å². The Labute approximate surface area is 184 Å². The van der Waals surface area contributed by atoms with Crippen LogP contribution in [-0.2, 0) is 9.59 Å². The van der Waals surface area contributed by atoms with Gasteiger partial charge in [0.05, 0.1) is 11.7 Å². The molecule has 0 spiro atoms. The van der Waals surface area contributed by atoms with Crippen molar-refractivity contribution in [2.45, 2.75) is 31.2 Å². The summed E-state index contributed by atoms with van der Waals surface area (Å²) < 4.78 is 26.2. The molecule has 1 saturated heterocycles. The van der Waals surface area contributed by atoms with Gasteiger partial charge >= 0.3 is 0 Å². The Morgan fingerprint density at radius 1 is 1.19 bits per heavy atom. The van der Waals surface area contributed by atoms with E-state index in [1.54, 1.807) is 6.07 Å². The van der Waals surface area contributed by atoms with Gasteiger partial charge in [0.15, 0.2) is 17.5 Å². The summed E-state index contributed by atoms with van der Waals surface area (Å²) >= 11 is 1.19. The smallest absolute Gasteiger partial charge is 0.234 e.